The maximum absolute atomic E-state index is 13.5. The summed E-state index contributed by atoms with van der Waals surface area (Å²) in [5.74, 6) is -1.21. The molecule has 0 unspecified atom stereocenters. The molecule has 1 aliphatic heterocycles. The van der Waals surface area contributed by atoms with Gasteiger partial charge in [-0.15, -0.1) is 0 Å². The number of amides is 1. The van der Waals surface area contributed by atoms with E-state index in [1.165, 1.54) is 12.0 Å². The van der Waals surface area contributed by atoms with Crippen molar-refractivity contribution in [3.63, 3.8) is 0 Å². The molecule has 10 heteroatoms. The molecular weight excluding hydrogens is 544 g/mol. The van der Waals surface area contributed by atoms with Crippen molar-refractivity contribution in [1.82, 2.24) is 4.98 Å². The molecule has 0 saturated carbocycles. The normalized spacial score (nSPS) is 16.3. The van der Waals surface area contributed by atoms with Crippen molar-refractivity contribution >= 4 is 39.9 Å². The number of hydrogen-bond acceptors (Lipinski definition) is 9. The second-order valence-corrected chi connectivity index (χ2v) is 11.0. The average molecular weight is 579 g/mol. The number of esters is 1. The lowest BCUT2D eigenvalue weighted by atomic mass is 9.95. The fourth-order valence-electron chi connectivity index (χ4n) is 4.31. The van der Waals surface area contributed by atoms with Crippen molar-refractivity contribution in [2.75, 3.05) is 25.2 Å². The van der Waals surface area contributed by atoms with Gasteiger partial charge in [0.15, 0.2) is 5.13 Å². The summed E-state index contributed by atoms with van der Waals surface area (Å²) in [4.78, 5) is 45.7. The lowest BCUT2D eigenvalue weighted by Crippen LogP contribution is -2.29. The Morgan fingerprint density at radius 2 is 1.73 bits per heavy atom. The SMILES string of the molecule is CCCCOc1ccc(C(O)=C2C(=O)C(=O)N(c3nc(C)c(C(=O)OCC(C)C)s3)[C@H]2c2ccc(OC)cc2)cc1. The van der Waals surface area contributed by atoms with E-state index in [1.54, 1.807) is 55.5 Å². The number of ketones is 1. The Morgan fingerprint density at radius 3 is 2.34 bits per heavy atom. The molecule has 2 aromatic carbocycles. The second-order valence-electron chi connectivity index (χ2n) is 10.1. The number of aliphatic hydroxyl groups excluding tert-OH is 1. The number of carbonyl (C=O) groups excluding carboxylic acids is 3. The predicted molar refractivity (Wildman–Crippen MR) is 157 cm³/mol. The number of aromatic nitrogens is 1. The van der Waals surface area contributed by atoms with E-state index >= 15 is 0 Å². The third kappa shape index (κ3) is 6.43. The topological polar surface area (TPSA) is 115 Å². The average Bonchev–Trinajstić information content (AvgIpc) is 3.48. The van der Waals surface area contributed by atoms with Gasteiger partial charge in [-0.2, -0.15) is 0 Å². The number of rotatable bonds is 11. The van der Waals surface area contributed by atoms with Gasteiger partial charge < -0.3 is 19.3 Å². The smallest absolute Gasteiger partial charge is 0.350 e. The van der Waals surface area contributed by atoms with E-state index in [1.807, 2.05) is 13.8 Å². The maximum Gasteiger partial charge on any atom is 0.350 e. The zero-order valence-corrected chi connectivity index (χ0v) is 24.6. The summed E-state index contributed by atoms with van der Waals surface area (Å²) in [6.45, 7) is 8.40. The number of aliphatic hydroxyl groups is 1. The summed E-state index contributed by atoms with van der Waals surface area (Å²) in [6.07, 6.45) is 1.92. The molecule has 1 atom stereocenters. The fraction of sp³-hybridized carbons (Fsp3) is 0.355. The van der Waals surface area contributed by atoms with Crippen LogP contribution in [0.3, 0.4) is 0 Å². The molecule has 0 bridgehead atoms. The van der Waals surface area contributed by atoms with E-state index < -0.39 is 23.7 Å². The molecule has 1 fully saturated rings. The lowest BCUT2D eigenvalue weighted by molar-refractivity contribution is -0.132. The van der Waals surface area contributed by atoms with Gasteiger partial charge in [-0.1, -0.05) is 50.7 Å². The first-order valence-electron chi connectivity index (χ1n) is 13.5. The number of anilines is 1. The van der Waals surface area contributed by atoms with Gasteiger partial charge in [-0.25, -0.2) is 9.78 Å². The van der Waals surface area contributed by atoms with Crippen molar-refractivity contribution in [3.8, 4) is 11.5 Å². The number of Topliss-reactive ketones (excluding diaryl/α,β-unsaturated/α-hetero) is 1. The highest BCUT2D eigenvalue weighted by Crippen LogP contribution is 2.44. The van der Waals surface area contributed by atoms with Crippen LogP contribution in [0.4, 0.5) is 5.13 Å². The molecule has 1 saturated heterocycles. The number of ether oxygens (including phenoxy) is 3. The van der Waals surface area contributed by atoms with Gasteiger partial charge in [-0.3, -0.25) is 14.5 Å². The molecule has 9 nitrogen and oxygen atoms in total. The van der Waals surface area contributed by atoms with Gasteiger partial charge in [-0.05, 0) is 61.2 Å². The molecule has 0 radical (unpaired) electrons. The Kier molecular flexibility index (Phi) is 9.44. The highest BCUT2D eigenvalue weighted by molar-refractivity contribution is 7.17. The Balaban J connectivity index is 1.78. The van der Waals surface area contributed by atoms with Crippen molar-refractivity contribution < 1.29 is 33.7 Å². The number of carbonyl (C=O) groups is 3. The van der Waals surface area contributed by atoms with Gasteiger partial charge in [0.25, 0.3) is 5.78 Å². The molecule has 1 aromatic heterocycles. The first-order chi connectivity index (χ1) is 19.7. The second kappa shape index (κ2) is 13.0. The predicted octanol–water partition coefficient (Wildman–Crippen LogP) is 6.08. The number of unbranched alkanes of at least 4 members (excludes halogenated alkanes) is 1. The minimum Gasteiger partial charge on any atom is -0.507 e. The standard InChI is InChI=1S/C31H34N2O7S/c1-6-7-16-39-23-14-10-21(11-15-23)26(34)24-25(20-8-12-22(38-5)13-9-20)33(29(36)27(24)35)31-32-19(4)28(41-31)30(37)40-17-18(2)3/h8-15,18,25,34H,6-7,16-17H2,1-5H3/t25-/m0/s1. The highest BCUT2D eigenvalue weighted by Gasteiger charge is 2.48. The first-order valence-corrected chi connectivity index (χ1v) is 14.3. The minimum atomic E-state index is -0.994. The van der Waals surface area contributed by atoms with Crippen molar-refractivity contribution in [2.45, 2.75) is 46.6 Å². The molecule has 1 N–H and O–H groups in total. The molecule has 41 heavy (non-hydrogen) atoms. The van der Waals surface area contributed by atoms with Crippen LogP contribution in [0.1, 0.15) is 66.1 Å². The number of hydrogen-bond donors (Lipinski definition) is 1. The van der Waals surface area contributed by atoms with Crippen LogP contribution >= 0.6 is 11.3 Å². The van der Waals surface area contributed by atoms with E-state index in [0.29, 0.717) is 34.9 Å². The summed E-state index contributed by atoms with van der Waals surface area (Å²) < 4.78 is 16.4. The lowest BCUT2D eigenvalue weighted by Gasteiger charge is -2.23. The minimum absolute atomic E-state index is 0.0865. The van der Waals surface area contributed by atoms with E-state index in [4.69, 9.17) is 14.2 Å². The molecule has 3 aromatic rings. The van der Waals surface area contributed by atoms with Crippen LogP contribution in [0, 0.1) is 12.8 Å². The van der Waals surface area contributed by atoms with Gasteiger partial charge in [0, 0.05) is 5.56 Å². The summed E-state index contributed by atoms with van der Waals surface area (Å²) in [5, 5.41) is 11.6. The fourth-order valence-corrected chi connectivity index (χ4v) is 5.30. The van der Waals surface area contributed by atoms with Gasteiger partial charge in [0.1, 0.15) is 22.1 Å². The zero-order chi connectivity index (χ0) is 29.7. The summed E-state index contributed by atoms with van der Waals surface area (Å²) >= 11 is 0.971. The van der Waals surface area contributed by atoms with Crippen molar-refractivity contribution in [1.29, 1.82) is 0 Å². The highest BCUT2D eigenvalue weighted by atomic mass is 32.1. The van der Waals surface area contributed by atoms with Crippen LogP contribution in [-0.4, -0.2) is 48.1 Å². The van der Waals surface area contributed by atoms with E-state index in [0.717, 1.165) is 24.2 Å². The van der Waals surface area contributed by atoms with E-state index in [2.05, 4.69) is 11.9 Å². The van der Waals surface area contributed by atoms with Crippen LogP contribution in [0.25, 0.3) is 5.76 Å². The zero-order valence-electron chi connectivity index (χ0n) is 23.8. The molecule has 0 spiro atoms. The Bertz CT molecular complexity index is 1440. The summed E-state index contributed by atoms with van der Waals surface area (Å²) in [6, 6.07) is 12.6. The number of methoxy groups -OCH3 is 1. The van der Waals surface area contributed by atoms with Gasteiger partial charge in [0.05, 0.1) is 37.6 Å². The summed E-state index contributed by atoms with van der Waals surface area (Å²) in [7, 11) is 1.54. The molecular formula is C31H34N2O7S. The van der Waals surface area contributed by atoms with Gasteiger partial charge >= 0.3 is 11.9 Å². The van der Waals surface area contributed by atoms with E-state index in [9.17, 15) is 19.5 Å². The monoisotopic (exact) mass is 578 g/mol. The van der Waals surface area contributed by atoms with Crippen LogP contribution in [0.5, 0.6) is 11.5 Å². The van der Waals surface area contributed by atoms with Crippen LogP contribution in [0.2, 0.25) is 0 Å². The van der Waals surface area contributed by atoms with Crippen LogP contribution in [0.15, 0.2) is 54.1 Å². The largest absolute Gasteiger partial charge is 0.507 e. The Hall–Kier alpha value is -4.18. The molecule has 2 heterocycles. The summed E-state index contributed by atoms with van der Waals surface area (Å²) in [5.41, 5.74) is 1.21. The van der Waals surface area contributed by atoms with Crippen LogP contribution in [-0.2, 0) is 14.3 Å². The quantitative estimate of drug-likeness (QED) is 0.0957. The third-order valence-electron chi connectivity index (χ3n) is 6.49. The third-order valence-corrected chi connectivity index (χ3v) is 7.63. The number of thiazole rings is 1. The van der Waals surface area contributed by atoms with Crippen LogP contribution < -0.4 is 14.4 Å². The Morgan fingerprint density at radius 1 is 1.07 bits per heavy atom. The number of aryl methyl sites for hydroxylation is 1. The Labute approximate surface area is 243 Å². The van der Waals surface area contributed by atoms with Gasteiger partial charge in [0.2, 0.25) is 0 Å². The van der Waals surface area contributed by atoms with Crippen molar-refractivity contribution in [3.05, 3.63) is 75.8 Å². The maximum atomic E-state index is 13.5. The molecule has 1 amide bonds. The molecule has 4 rings (SSSR count). The molecule has 1 aliphatic rings. The van der Waals surface area contributed by atoms with Crippen molar-refractivity contribution in [2.24, 2.45) is 5.92 Å². The molecule has 216 valence electrons. The van der Waals surface area contributed by atoms with E-state index in [-0.39, 0.29) is 33.9 Å². The number of nitrogens with zero attached hydrogens (tertiary/aromatic N) is 2. The first kappa shape index (κ1) is 29.8. The molecule has 0 aliphatic carbocycles. The number of benzene rings is 2.